The van der Waals surface area contributed by atoms with Gasteiger partial charge in [-0.1, -0.05) is 65.5 Å². The molecule has 2 nitrogen and oxygen atoms in total. The zero-order valence-electron chi connectivity index (χ0n) is 16.0. The van der Waals surface area contributed by atoms with Gasteiger partial charge in [-0.25, -0.2) is 0 Å². The minimum Gasteiger partial charge on any atom is -0.461 e. The third-order valence-electron chi connectivity index (χ3n) is 4.83. The number of carbonyl (C=O) groups excluding carboxylic acids is 1. The molecule has 1 aliphatic rings. The minimum absolute atomic E-state index is 0.106. The molecule has 0 saturated carbocycles. The standard InChI is InChI=1S/C22H32O2/c1-6-7-8-9-10-11-20(23)19-15-17-14-18(22(3,4)5)12-13-21(17)24-16(19)2/h12-14H,6-11,15H2,1-5H3. The molecule has 1 aromatic carbocycles. The third kappa shape index (κ3) is 4.72. The molecule has 2 heteroatoms. The van der Waals surface area contributed by atoms with Gasteiger partial charge in [0.05, 0.1) is 0 Å². The number of ether oxygens (including phenoxy) is 1. The number of hydrogen-bond acceptors (Lipinski definition) is 2. The van der Waals surface area contributed by atoms with Crippen LogP contribution in [0.25, 0.3) is 0 Å². The van der Waals surface area contributed by atoms with E-state index in [1.165, 1.54) is 24.8 Å². The summed E-state index contributed by atoms with van der Waals surface area (Å²) in [6, 6.07) is 6.38. The lowest BCUT2D eigenvalue weighted by atomic mass is 9.84. The van der Waals surface area contributed by atoms with Crippen LogP contribution >= 0.6 is 0 Å². The van der Waals surface area contributed by atoms with Crippen LogP contribution in [-0.2, 0) is 16.6 Å². The largest absolute Gasteiger partial charge is 0.461 e. The summed E-state index contributed by atoms with van der Waals surface area (Å²) in [7, 11) is 0. The Bertz CT molecular complexity index is 617. The van der Waals surface area contributed by atoms with Gasteiger partial charge in [0.2, 0.25) is 0 Å². The van der Waals surface area contributed by atoms with E-state index in [1.54, 1.807) is 0 Å². The van der Waals surface area contributed by atoms with Gasteiger partial charge < -0.3 is 4.74 Å². The van der Waals surface area contributed by atoms with E-state index >= 15 is 0 Å². The van der Waals surface area contributed by atoms with Gasteiger partial charge in [-0.2, -0.15) is 0 Å². The summed E-state index contributed by atoms with van der Waals surface area (Å²) in [6.45, 7) is 10.8. The van der Waals surface area contributed by atoms with E-state index < -0.39 is 0 Å². The highest BCUT2D eigenvalue weighted by molar-refractivity contribution is 5.96. The van der Waals surface area contributed by atoms with Crippen molar-refractivity contribution in [2.24, 2.45) is 0 Å². The van der Waals surface area contributed by atoms with E-state index in [9.17, 15) is 4.79 Å². The highest BCUT2D eigenvalue weighted by atomic mass is 16.5. The lowest BCUT2D eigenvalue weighted by Gasteiger charge is -2.25. The highest BCUT2D eigenvalue weighted by Gasteiger charge is 2.24. The first-order valence-electron chi connectivity index (χ1n) is 9.37. The molecule has 0 aromatic heterocycles. The normalized spacial score (nSPS) is 14.4. The first-order valence-corrected chi connectivity index (χ1v) is 9.37. The SMILES string of the molecule is CCCCCCCC(=O)C1=C(C)Oc2ccc(C(C)(C)C)cc2C1. The molecule has 1 heterocycles. The van der Waals surface area contributed by atoms with Crippen LogP contribution in [0, 0.1) is 0 Å². The van der Waals surface area contributed by atoms with E-state index in [2.05, 4.69) is 39.8 Å². The summed E-state index contributed by atoms with van der Waals surface area (Å²) in [6.07, 6.45) is 7.23. The summed E-state index contributed by atoms with van der Waals surface area (Å²) >= 11 is 0. The predicted octanol–water partition coefficient (Wildman–Crippen LogP) is 6.12. The lowest BCUT2D eigenvalue weighted by Crippen LogP contribution is -2.17. The number of hydrogen-bond donors (Lipinski definition) is 0. The average Bonchev–Trinajstić information content (AvgIpc) is 2.52. The van der Waals surface area contributed by atoms with Gasteiger partial charge in [0.1, 0.15) is 11.5 Å². The summed E-state index contributed by atoms with van der Waals surface area (Å²) in [5.74, 6) is 1.94. The molecular formula is C22H32O2. The van der Waals surface area contributed by atoms with Gasteiger partial charge in [0, 0.05) is 18.4 Å². The number of carbonyl (C=O) groups is 1. The maximum Gasteiger partial charge on any atom is 0.162 e. The Kier molecular flexibility index (Phi) is 6.26. The maximum atomic E-state index is 12.6. The van der Waals surface area contributed by atoms with Crippen LogP contribution in [0.3, 0.4) is 0 Å². The van der Waals surface area contributed by atoms with Crippen molar-refractivity contribution >= 4 is 5.78 Å². The Morgan fingerprint density at radius 2 is 1.83 bits per heavy atom. The number of fused-ring (bicyclic) bond motifs is 1. The van der Waals surface area contributed by atoms with Crippen LogP contribution in [0.1, 0.15) is 84.3 Å². The Morgan fingerprint density at radius 3 is 2.50 bits per heavy atom. The van der Waals surface area contributed by atoms with Gasteiger partial charge in [-0.3, -0.25) is 4.79 Å². The molecule has 132 valence electrons. The molecule has 0 unspecified atom stereocenters. The van der Waals surface area contributed by atoms with E-state index in [0.717, 1.165) is 35.5 Å². The quantitative estimate of drug-likeness (QED) is 0.563. The van der Waals surface area contributed by atoms with E-state index in [4.69, 9.17) is 4.74 Å². The fourth-order valence-electron chi connectivity index (χ4n) is 3.16. The zero-order valence-corrected chi connectivity index (χ0v) is 16.0. The Hall–Kier alpha value is -1.57. The molecule has 0 spiro atoms. The van der Waals surface area contributed by atoms with Crippen molar-refractivity contribution in [2.45, 2.75) is 85.0 Å². The van der Waals surface area contributed by atoms with Gasteiger partial charge >= 0.3 is 0 Å². The second-order valence-electron chi connectivity index (χ2n) is 7.97. The molecule has 0 amide bonds. The van der Waals surface area contributed by atoms with Crippen molar-refractivity contribution in [3.63, 3.8) is 0 Å². The first-order chi connectivity index (χ1) is 11.3. The van der Waals surface area contributed by atoms with Crippen LogP contribution in [0.15, 0.2) is 29.5 Å². The molecule has 0 bridgehead atoms. The number of ketones is 1. The van der Waals surface area contributed by atoms with Crippen LogP contribution in [0.5, 0.6) is 5.75 Å². The van der Waals surface area contributed by atoms with Crippen LogP contribution < -0.4 is 4.74 Å². The fraction of sp³-hybridized carbons (Fsp3) is 0.591. The van der Waals surface area contributed by atoms with Crippen molar-refractivity contribution < 1.29 is 9.53 Å². The van der Waals surface area contributed by atoms with Gasteiger partial charge in [-0.05, 0) is 36.0 Å². The minimum atomic E-state index is 0.106. The number of benzene rings is 1. The average molecular weight is 328 g/mol. The molecule has 0 atom stereocenters. The monoisotopic (exact) mass is 328 g/mol. The molecule has 1 aromatic rings. The van der Waals surface area contributed by atoms with Gasteiger partial charge in [0.25, 0.3) is 0 Å². The Morgan fingerprint density at radius 1 is 1.12 bits per heavy atom. The fourth-order valence-corrected chi connectivity index (χ4v) is 3.16. The van der Waals surface area contributed by atoms with E-state index in [-0.39, 0.29) is 11.2 Å². The summed E-state index contributed by atoms with van der Waals surface area (Å²) < 4.78 is 5.94. The maximum absolute atomic E-state index is 12.6. The number of Topliss-reactive ketones (excluding diaryl/α,β-unsaturated/α-hetero) is 1. The van der Waals surface area contributed by atoms with Gasteiger partial charge in [0.15, 0.2) is 5.78 Å². The predicted molar refractivity (Wildman–Crippen MR) is 101 cm³/mol. The summed E-state index contributed by atoms with van der Waals surface area (Å²) in [5.41, 5.74) is 3.40. The highest BCUT2D eigenvalue weighted by Crippen LogP contribution is 2.34. The van der Waals surface area contributed by atoms with Crippen molar-refractivity contribution in [1.29, 1.82) is 0 Å². The van der Waals surface area contributed by atoms with Crippen molar-refractivity contribution in [1.82, 2.24) is 0 Å². The second-order valence-corrected chi connectivity index (χ2v) is 7.97. The topological polar surface area (TPSA) is 26.3 Å². The Balaban J connectivity index is 2.04. The van der Waals surface area contributed by atoms with Crippen molar-refractivity contribution in [3.8, 4) is 5.75 Å². The molecule has 24 heavy (non-hydrogen) atoms. The van der Waals surface area contributed by atoms with E-state index in [1.807, 2.05) is 13.0 Å². The zero-order chi connectivity index (χ0) is 17.7. The molecular weight excluding hydrogens is 296 g/mol. The van der Waals surface area contributed by atoms with E-state index in [0.29, 0.717) is 12.8 Å². The molecule has 0 fully saturated rings. The summed E-state index contributed by atoms with van der Waals surface area (Å²) in [5, 5.41) is 0. The summed E-state index contributed by atoms with van der Waals surface area (Å²) in [4.78, 5) is 12.6. The molecule has 0 saturated heterocycles. The third-order valence-corrected chi connectivity index (χ3v) is 4.83. The van der Waals surface area contributed by atoms with Crippen molar-refractivity contribution in [3.05, 3.63) is 40.7 Å². The first kappa shape index (κ1) is 18.8. The lowest BCUT2D eigenvalue weighted by molar-refractivity contribution is -0.116. The van der Waals surface area contributed by atoms with Crippen LogP contribution in [-0.4, -0.2) is 5.78 Å². The molecule has 0 aliphatic carbocycles. The number of unbranched alkanes of at least 4 members (excludes halogenated alkanes) is 4. The molecule has 1 aliphatic heterocycles. The van der Waals surface area contributed by atoms with Gasteiger partial charge in [-0.15, -0.1) is 0 Å². The molecule has 0 radical (unpaired) electrons. The molecule has 0 N–H and O–H groups in total. The van der Waals surface area contributed by atoms with Crippen molar-refractivity contribution in [2.75, 3.05) is 0 Å². The number of rotatable bonds is 7. The van der Waals surface area contributed by atoms with Crippen LogP contribution in [0.2, 0.25) is 0 Å². The Labute approximate surface area is 147 Å². The molecule has 2 rings (SSSR count). The second kappa shape index (κ2) is 8.00. The number of allylic oxidation sites excluding steroid dienone is 2. The smallest absolute Gasteiger partial charge is 0.162 e. The van der Waals surface area contributed by atoms with Crippen LogP contribution in [0.4, 0.5) is 0 Å².